The van der Waals surface area contributed by atoms with E-state index in [-0.39, 0.29) is 10.6 Å². The van der Waals surface area contributed by atoms with Crippen LogP contribution < -0.4 is 15.4 Å². The largest absolute Gasteiger partial charge is 0.478 e. The number of nitrogens with one attached hydrogen (secondary N) is 3. The van der Waals surface area contributed by atoms with Gasteiger partial charge in [0, 0.05) is 18.4 Å². The van der Waals surface area contributed by atoms with Crippen molar-refractivity contribution < 1.29 is 27.5 Å². The van der Waals surface area contributed by atoms with Gasteiger partial charge >= 0.3 is 12.0 Å². The van der Waals surface area contributed by atoms with Crippen LogP contribution >= 0.6 is 0 Å². The molecule has 0 atom stereocenters. The van der Waals surface area contributed by atoms with Gasteiger partial charge in [-0.05, 0) is 42.5 Å². The van der Waals surface area contributed by atoms with Crippen molar-refractivity contribution in [2.75, 3.05) is 17.1 Å². The lowest BCUT2D eigenvalue weighted by Gasteiger charge is -2.10. The molecule has 0 aliphatic rings. The summed E-state index contributed by atoms with van der Waals surface area (Å²) in [5, 5.41) is 13.7. The van der Waals surface area contributed by atoms with Crippen molar-refractivity contribution in [1.82, 2.24) is 5.32 Å². The van der Waals surface area contributed by atoms with Gasteiger partial charge in [-0.15, -0.1) is 0 Å². The number of benzene rings is 2. The summed E-state index contributed by atoms with van der Waals surface area (Å²) >= 11 is 0. The maximum atomic E-state index is 13.4. The number of hydrogen-bond acceptors (Lipinski definition) is 4. The minimum Gasteiger partial charge on any atom is -0.478 e. The van der Waals surface area contributed by atoms with E-state index in [9.17, 15) is 22.4 Å². The third-order valence-electron chi connectivity index (χ3n) is 3.10. The molecule has 10 heteroatoms. The summed E-state index contributed by atoms with van der Waals surface area (Å²) in [6, 6.07) is 7.80. The van der Waals surface area contributed by atoms with Crippen molar-refractivity contribution in [2.24, 2.45) is 0 Å². The van der Waals surface area contributed by atoms with E-state index in [0.717, 1.165) is 18.2 Å². The number of halogens is 1. The van der Waals surface area contributed by atoms with Gasteiger partial charge in [-0.1, -0.05) is 0 Å². The van der Waals surface area contributed by atoms with E-state index in [1.54, 1.807) is 0 Å². The van der Waals surface area contributed by atoms with Crippen LogP contribution in [0.2, 0.25) is 0 Å². The number of anilines is 2. The fraction of sp³-hybridized carbons (Fsp3) is 0.0667. The highest BCUT2D eigenvalue weighted by Gasteiger charge is 2.19. The monoisotopic (exact) mass is 367 g/mol. The Labute approximate surface area is 142 Å². The van der Waals surface area contributed by atoms with Crippen LogP contribution in [0.5, 0.6) is 0 Å². The first-order valence-electron chi connectivity index (χ1n) is 6.87. The lowest BCUT2D eigenvalue weighted by molar-refractivity contribution is 0.0691. The SMILES string of the molecule is CNC(=O)Nc1ccc(NS(=O)(=O)c2ccc(F)c(C(=O)O)c2)cc1. The Hall–Kier alpha value is -3.14. The van der Waals surface area contributed by atoms with Crippen molar-refractivity contribution in [1.29, 1.82) is 0 Å². The molecule has 132 valence electrons. The summed E-state index contributed by atoms with van der Waals surface area (Å²) in [6.07, 6.45) is 0. The highest BCUT2D eigenvalue weighted by Crippen LogP contribution is 2.20. The standard InChI is InChI=1S/C15H14FN3O5S/c1-17-15(22)18-9-2-4-10(5-3-9)19-25(23,24)11-6-7-13(16)12(8-11)14(20)21/h2-8,19H,1H3,(H,20,21)(H2,17,18,22). The number of carboxylic acid groups (broad SMARTS) is 1. The third-order valence-corrected chi connectivity index (χ3v) is 4.48. The van der Waals surface area contributed by atoms with Gasteiger partial charge < -0.3 is 15.7 Å². The molecular weight excluding hydrogens is 353 g/mol. The molecule has 0 saturated heterocycles. The van der Waals surface area contributed by atoms with Gasteiger partial charge in [0.25, 0.3) is 10.0 Å². The van der Waals surface area contributed by atoms with Crippen molar-refractivity contribution >= 4 is 33.4 Å². The predicted molar refractivity (Wildman–Crippen MR) is 88.7 cm³/mol. The van der Waals surface area contributed by atoms with Crippen LogP contribution in [0.15, 0.2) is 47.4 Å². The van der Waals surface area contributed by atoms with Gasteiger partial charge in [-0.2, -0.15) is 0 Å². The zero-order valence-corrected chi connectivity index (χ0v) is 13.7. The summed E-state index contributed by atoms with van der Waals surface area (Å²) in [6.45, 7) is 0. The van der Waals surface area contributed by atoms with Crippen LogP contribution in [0.25, 0.3) is 0 Å². The van der Waals surface area contributed by atoms with E-state index in [1.807, 2.05) is 0 Å². The molecule has 2 amide bonds. The fourth-order valence-corrected chi connectivity index (χ4v) is 2.95. The molecule has 0 aliphatic carbocycles. The number of rotatable bonds is 5. The van der Waals surface area contributed by atoms with Crippen LogP contribution in [0.3, 0.4) is 0 Å². The Morgan fingerprint density at radius 2 is 1.64 bits per heavy atom. The number of carboxylic acids is 1. The van der Waals surface area contributed by atoms with Crippen molar-refractivity contribution in [3.8, 4) is 0 Å². The molecule has 2 rings (SSSR count). The Balaban J connectivity index is 2.23. The number of carbonyl (C=O) groups excluding carboxylic acids is 1. The van der Waals surface area contributed by atoms with Gasteiger partial charge in [0.05, 0.1) is 10.5 Å². The van der Waals surface area contributed by atoms with Crippen molar-refractivity contribution in [3.63, 3.8) is 0 Å². The molecule has 25 heavy (non-hydrogen) atoms. The van der Waals surface area contributed by atoms with Crippen molar-refractivity contribution in [3.05, 3.63) is 53.8 Å². The number of aromatic carboxylic acids is 1. The first-order chi connectivity index (χ1) is 11.7. The molecule has 0 saturated carbocycles. The molecular formula is C15H14FN3O5S. The molecule has 0 heterocycles. The minimum absolute atomic E-state index is 0.184. The lowest BCUT2D eigenvalue weighted by Crippen LogP contribution is -2.24. The second kappa shape index (κ2) is 7.18. The maximum absolute atomic E-state index is 13.4. The van der Waals surface area contributed by atoms with Gasteiger partial charge in [-0.3, -0.25) is 4.72 Å². The molecule has 2 aromatic rings. The smallest absolute Gasteiger partial charge is 0.338 e. The van der Waals surface area contributed by atoms with Crippen LogP contribution in [0.4, 0.5) is 20.6 Å². The second-order valence-electron chi connectivity index (χ2n) is 4.83. The summed E-state index contributed by atoms with van der Waals surface area (Å²) in [5.41, 5.74) is -0.117. The topological polar surface area (TPSA) is 125 Å². The molecule has 0 aliphatic heterocycles. The molecule has 0 unspecified atom stereocenters. The third kappa shape index (κ3) is 4.44. The molecule has 0 bridgehead atoms. The van der Waals surface area contributed by atoms with E-state index in [0.29, 0.717) is 5.69 Å². The summed E-state index contributed by atoms with van der Waals surface area (Å²) in [4.78, 5) is 21.7. The molecule has 0 fully saturated rings. The Kier molecular flexibility index (Phi) is 5.22. The van der Waals surface area contributed by atoms with E-state index in [2.05, 4.69) is 15.4 Å². The number of hydrogen-bond donors (Lipinski definition) is 4. The highest BCUT2D eigenvalue weighted by atomic mass is 32.2. The molecule has 0 spiro atoms. The Morgan fingerprint density at radius 1 is 1.04 bits per heavy atom. The van der Waals surface area contributed by atoms with Crippen LogP contribution in [-0.2, 0) is 10.0 Å². The molecule has 0 radical (unpaired) electrons. The first kappa shape index (κ1) is 18.2. The van der Waals surface area contributed by atoms with Gasteiger partial charge in [0.15, 0.2) is 0 Å². The Bertz CT molecular complexity index is 913. The van der Waals surface area contributed by atoms with E-state index in [4.69, 9.17) is 5.11 Å². The second-order valence-corrected chi connectivity index (χ2v) is 6.52. The number of urea groups is 1. The number of carbonyl (C=O) groups is 2. The van der Waals surface area contributed by atoms with Crippen LogP contribution in [0.1, 0.15) is 10.4 Å². The quantitative estimate of drug-likeness (QED) is 0.644. The molecule has 2 aromatic carbocycles. The van der Waals surface area contributed by atoms with Gasteiger partial charge in [-0.25, -0.2) is 22.4 Å². The summed E-state index contributed by atoms with van der Waals surface area (Å²) < 4.78 is 40.2. The average Bonchev–Trinajstić information content (AvgIpc) is 2.56. The maximum Gasteiger partial charge on any atom is 0.338 e. The number of amides is 2. The highest BCUT2D eigenvalue weighted by molar-refractivity contribution is 7.92. The van der Waals surface area contributed by atoms with Gasteiger partial charge in [0.2, 0.25) is 0 Å². The molecule has 8 nitrogen and oxygen atoms in total. The minimum atomic E-state index is -4.11. The first-order valence-corrected chi connectivity index (χ1v) is 8.35. The zero-order chi connectivity index (χ0) is 18.6. The molecule has 0 aromatic heterocycles. The average molecular weight is 367 g/mol. The number of sulfonamides is 1. The van der Waals surface area contributed by atoms with E-state index >= 15 is 0 Å². The van der Waals surface area contributed by atoms with Gasteiger partial charge in [0.1, 0.15) is 5.82 Å². The summed E-state index contributed by atoms with van der Waals surface area (Å²) in [5.74, 6) is -2.60. The van der Waals surface area contributed by atoms with Crippen LogP contribution in [0, 0.1) is 5.82 Å². The molecule has 4 N–H and O–H groups in total. The normalized spacial score (nSPS) is 10.8. The predicted octanol–water partition coefficient (Wildman–Crippen LogP) is 2.08. The Morgan fingerprint density at radius 3 is 2.20 bits per heavy atom. The fourth-order valence-electron chi connectivity index (χ4n) is 1.86. The van der Waals surface area contributed by atoms with Crippen LogP contribution in [-0.4, -0.2) is 32.6 Å². The van der Waals surface area contributed by atoms with E-state index in [1.165, 1.54) is 31.3 Å². The lowest BCUT2D eigenvalue weighted by atomic mass is 10.2. The zero-order valence-electron chi connectivity index (χ0n) is 12.9. The summed E-state index contributed by atoms with van der Waals surface area (Å²) in [7, 11) is -2.66. The van der Waals surface area contributed by atoms with E-state index < -0.39 is 33.4 Å². The van der Waals surface area contributed by atoms with Crippen molar-refractivity contribution in [2.45, 2.75) is 4.90 Å².